The second kappa shape index (κ2) is 2.54. The molecule has 3 nitrogen and oxygen atoms in total. The molecule has 0 spiro atoms. The van der Waals surface area contributed by atoms with E-state index in [1.165, 1.54) is 11.8 Å². The van der Waals surface area contributed by atoms with E-state index >= 15 is 0 Å². The summed E-state index contributed by atoms with van der Waals surface area (Å²) in [5, 5.41) is 3.07. The van der Waals surface area contributed by atoms with Crippen molar-refractivity contribution in [1.82, 2.24) is 4.98 Å². The number of anilines is 1. The third kappa shape index (κ3) is 1.21. The van der Waals surface area contributed by atoms with Crippen molar-refractivity contribution in [3.05, 3.63) is 18.3 Å². The van der Waals surface area contributed by atoms with Gasteiger partial charge in [0.05, 0.1) is 11.4 Å². The SMILES string of the molecule is O=C1CNc2ncccc2S1. The van der Waals surface area contributed by atoms with Crippen molar-refractivity contribution in [2.24, 2.45) is 0 Å². The molecule has 2 heterocycles. The Labute approximate surface area is 68.2 Å². The number of hydrogen-bond acceptors (Lipinski definition) is 4. The first-order valence-electron chi connectivity index (χ1n) is 3.26. The smallest absolute Gasteiger partial charge is 0.212 e. The van der Waals surface area contributed by atoms with Crippen molar-refractivity contribution in [2.45, 2.75) is 4.90 Å². The molecular weight excluding hydrogens is 160 g/mol. The minimum absolute atomic E-state index is 0.144. The van der Waals surface area contributed by atoms with Gasteiger partial charge in [-0.1, -0.05) is 0 Å². The fourth-order valence-corrected chi connectivity index (χ4v) is 1.68. The van der Waals surface area contributed by atoms with Crippen LogP contribution in [-0.4, -0.2) is 16.6 Å². The summed E-state index contributed by atoms with van der Waals surface area (Å²) in [6.07, 6.45) is 1.71. The number of fused-ring (bicyclic) bond motifs is 1. The highest BCUT2D eigenvalue weighted by Gasteiger charge is 2.15. The van der Waals surface area contributed by atoms with Crippen molar-refractivity contribution >= 4 is 22.7 Å². The first-order chi connectivity index (χ1) is 5.36. The number of aromatic nitrogens is 1. The van der Waals surface area contributed by atoms with Gasteiger partial charge in [-0.25, -0.2) is 4.98 Å². The van der Waals surface area contributed by atoms with Gasteiger partial charge in [-0.15, -0.1) is 0 Å². The molecular formula is C7H6N2OS. The predicted octanol–water partition coefficient (Wildman–Crippen LogP) is 1.13. The van der Waals surface area contributed by atoms with Gasteiger partial charge in [0.1, 0.15) is 5.82 Å². The molecule has 0 aromatic carbocycles. The molecule has 0 radical (unpaired) electrons. The average molecular weight is 166 g/mol. The fraction of sp³-hybridized carbons (Fsp3) is 0.143. The molecule has 0 aliphatic carbocycles. The van der Waals surface area contributed by atoms with Crippen LogP contribution in [0.2, 0.25) is 0 Å². The van der Waals surface area contributed by atoms with E-state index in [0.717, 1.165) is 10.7 Å². The number of carbonyl (C=O) groups is 1. The van der Waals surface area contributed by atoms with Crippen molar-refractivity contribution < 1.29 is 4.79 Å². The van der Waals surface area contributed by atoms with Crippen LogP contribution >= 0.6 is 11.8 Å². The Morgan fingerprint density at radius 3 is 3.45 bits per heavy atom. The van der Waals surface area contributed by atoms with Gasteiger partial charge in [-0.05, 0) is 23.9 Å². The Balaban J connectivity index is 2.41. The highest BCUT2D eigenvalue weighted by molar-refractivity contribution is 8.14. The molecule has 1 N–H and O–H groups in total. The molecule has 1 aliphatic rings. The lowest BCUT2D eigenvalue weighted by molar-refractivity contribution is -0.109. The van der Waals surface area contributed by atoms with Gasteiger partial charge < -0.3 is 5.32 Å². The second-order valence-corrected chi connectivity index (χ2v) is 3.28. The number of pyridine rings is 1. The molecule has 4 heteroatoms. The first-order valence-corrected chi connectivity index (χ1v) is 4.07. The molecule has 0 unspecified atom stereocenters. The predicted molar refractivity (Wildman–Crippen MR) is 43.6 cm³/mol. The van der Waals surface area contributed by atoms with Gasteiger partial charge in [-0.3, -0.25) is 4.79 Å². The van der Waals surface area contributed by atoms with Crippen LogP contribution in [0.4, 0.5) is 5.82 Å². The van der Waals surface area contributed by atoms with E-state index in [1.807, 2.05) is 12.1 Å². The Kier molecular flexibility index (Phi) is 1.54. The van der Waals surface area contributed by atoms with Gasteiger partial charge in [0.25, 0.3) is 0 Å². The molecule has 2 rings (SSSR count). The molecule has 56 valence electrons. The monoisotopic (exact) mass is 166 g/mol. The summed E-state index contributed by atoms with van der Waals surface area (Å²) in [5.41, 5.74) is 0. The van der Waals surface area contributed by atoms with Crippen LogP contribution in [-0.2, 0) is 4.79 Å². The van der Waals surface area contributed by atoms with E-state index in [1.54, 1.807) is 6.20 Å². The van der Waals surface area contributed by atoms with Crippen LogP contribution in [0.5, 0.6) is 0 Å². The lowest BCUT2D eigenvalue weighted by Crippen LogP contribution is -2.16. The maximum Gasteiger partial charge on any atom is 0.212 e. The molecule has 1 aliphatic heterocycles. The molecule has 11 heavy (non-hydrogen) atoms. The summed E-state index contributed by atoms with van der Waals surface area (Å²) in [7, 11) is 0. The normalized spacial score (nSPS) is 15.5. The van der Waals surface area contributed by atoms with Crippen molar-refractivity contribution in [3.63, 3.8) is 0 Å². The molecule has 0 bridgehead atoms. The van der Waals surface area contributed by atoms with Gasteiger partial charge in [0, 0.05) is 6.20 Å². The molecule has 0 saturated carbocycles. The Hall–Kier alpha value is -1.03. The van der Waals surface area contributed by atoms with Crippen LogP contribution in [0.1, 0.15) is 0 Å². The third-order valence-corrected chi connectivity index (χ3v) is 2.32. The van der Waals surface area contributed by atoms with Gasteiger partial charge in [0.15, 0.2) is 0 Å². The van der Waals surface area contributed by atoms with E-state index in [4.69, 9.17) is 0 Å². The molecule has 0 fully saturated rings. The molecule has 0 atom stereocenters. The largest absolute Gasteiger partial charge is 0.361 e. The minimum atomic E-state index is 0.144. The third-order valence-electron chi connectivity index (χ3n) is 1.39. The van der Waals surface area contributed by atoms with E-state index in [-0.39, 0.29) is 5.12 Å². The quantitative estimate of drug-likeness (QED) is 0.627. The summed E-state index contributed by atoms with van der Waals surface area (Å²) < 4.78 is 0. The van der Waals surface area contributed by atoms with E-state index in [2.05, 4.69) is 10.3 Å². The van der Waals surface area contributed by atoms with Crippen LogP contribution < -0.4 is 5.32 Å². The van der Waals surface area contributed by atoms with E-state index in [0.29, 0.717) is 6.54 Å². The minimum Gasteiger partial charge on any atom is -0.361 e. The van der Waals surface area contributed by atoms with Crippen molar-refractivity contribution in [2.75, 3.05) is 11.9 Å². The van der Waals surface area contributed by atoms with E-state index in [9.17, 15) is 4.79 Å². The number of nitrogens with one attached hydrogen (secondary N) is 1. The molecule has 1 aromatic heterocycles. The fourth-order valence-electron chi connectivity index (χ4n) is 0.920. The summed E-state index contributed by atoms with van der Waals surface area (Å²) in [6, 6.07) is 3.71. The van der Waals surface area contributed by atoms with Crippen LogP contribution in [0, 0.1) is 0 Å². The highest BCUT2D eigenvalue weighted by Crippen LogP contribution is 2.28. The van der Waals surface area contributed by atoms with Crippen LogP contribution in [0.3, 0.4) is 0 Å². The maximum atomic E-state index is 10.9. The Morgan fingerprint density at radius 2 is 2.55 bits per heavy atom. The van der Waals surface area contributed by atoms with Crippen LogP contribution in [0.25, 0.3) is 0 Å². The van der Waals surface area contributed by atoms with Gasteiger partial charge in [-0.2, -0.15) is 0 Å². The topological polar surface area (TPSA) is 42.0 Å². The standard InChI is InChI=1S/C7H6N2OS/c10-6-4-9-7-5(11-6)2-1-3-8-7/h1-3H,4H2,(H,8,9). The van der Waals surface area contributed by atoms with Crippen molar-refractivity contribution in [3.8, 4) is 0 Å². The maximum absolute atomic E-state index is 10.9. The zero-order chi connectivity index (χ0) is 7.68. The molecule has 0 saturated heterocycles. The number of nitrogens with zero attached hydrogens (tertiary/aromatic N) is 1. The number of hydrogen-bond donors (Lipinski definition) is 1. The lowest BCUT2D eigenvalue weighted by Gasteiger charge is -2.13. The number of rotatable bonds is 0. The highest BCUT2D eigenvalue weighted by atomic mass is 32.2. The Morgan fingerprint density at radius 1 is 1.64 bits per heavy atom. The van der Waals surface area contributed by atoms with Crippen molar-refractivity contribution in [1.29, 1.82) is 0 Å². The van der Waals surface area contributed by atoms with Gasteiger partial charge in [0.2, 0.25) is 5.12 Å². The summed E-state index contributed by atoms with van der Waals surface area (Å²) in [5.74, 6) is 0.817. The van der Waals surface area contributed by atoms with Gasteiger partial charge >= 0.3 is 0 Å². The zero-order valence-electron chi connectivity index (χ0n) is 5.70. The zero-order valence-corrected chi connectivity index (χ0v) is 6.52. The number of thioether (sulfide) groups is 1. The summed E-state index contributed by atoms with van der Waals surface area (Å²) in [4.78, 5) is 15.9. The molecule has 1 aromatic rings. The summed E-state index contributed by atoms with van der Waals surface area (Å²) >= 11 is 1.25. The number of carbonyl (C=O) groups excluding carboxylic acids is 1. The van der Waals surface area contributed by atoms with E-state index < -0.39 is 0 Å². The molecule has 0 amide bonds. The Bertz CT molecular complexity index is 300. The van der Waals surface area contributed by atoms with Crippen LogP contribution in [0.15, 0.2) is 23.2 Å². The average Bonchev–Trinajstić information content (AvgIpc) is 2.04. The second-order valence-electron chi connectivity index (χ2n) is 2.18. The summed E-state index contributed by atoms with van der Waals surface area (Å²) in [6.45, 7) is 0.384. The lowest BCUT2D eigenvalue weighted by atomic mass is 10.4. The first kappa shape index (κ1) is 6.67.